The highest BCUT2D eigenvalue weighted by atomic mass is 16.6. The molecule has 0 bridgehead atoms. The van der Waals surface area contributed by atoms with E-state index in [0.717, 1.165) is 28.7 Å². The number of nitrogens with two attached hydrogens (primary N) is 1. The minimum Gasteiger partial charge on any atom is -0.486 e. The number of aromatic nitrogens is 2. The molecule has 3 N–H and O–H groups in total. The van der Waals surface area contributed by atoms with E-state index in [1.54, 1.807) is 0 Å². The lowest BCUT2D eigenvalue weighted by atomic mass is 10.2. The topological polar surface area (TPSA) is 74.3 Å². The van der Waals surface area contributed by atoms with Crippen LogP contribution in [-0.2, 0) is 0 Å². The quantitative estimate of drug-likeness (QED) is 0.908. The second-order valence-corrected chi connectivity index (χ2v) is 5.37. The Morgan fingerprint density at radius 2 is 1.95 bits per heavy atom. The lowest BCUT2D eigenvalue weighted by molar-refractivity contribution is 0.171. The molecule has 2 heterocycles. The molecule has 1 aromatic carbocycles. The van der Waals surface area contributed by atoms with Crippen LogP contribution in [0.5, 0.6) is 11.5 Å². The van der Waals surface area contributed by atoms with Crippen LogP contribution >= 0.6 is 0 Å². The number of hydrogen-bond acceptors (Lipinski definition) is 5. The van der Waals surface area contributed by atoms with E-state index in [-0.39, 0.29) is 6.04 Å². The van der Waals surface area contributed by atoms with E-state index >= 15 is 0 Å². The fraction of sp³-hybridized carbons (Fsp3) is 0.400. The van der Waals surface area contributed by atoms with Crippen molar-refractivity contribution in [2.24, 2.45) is 0 Å². The van der Waals surface area contributed by atoms with Crippen LogP contribution in [0.1, 0.15) is 25.6 Å². The third-order valence-corrected chi connectivity index (χ3v) is 3.43. The molecule has 0 fully saturated rings. The zero-order valence-electron chi connectivity index (χ0n) is 12.5. The van der Waals surface area contributed by atoms with E-state index in [9.17, 15) is 0 Å². The van der Waals surface area contributed by atoms with E-state index < -0.39 is 0 Å². The molecule has 1 aliphatic rings. The minimum absolute atomic E-state index is 0.223. The highest BCUT2D eigenvalue weighted by Gasteiger charge is 2.17. The van der Waals surface area contributed by atoms with E-state index in [1.165, 1.54) is 0 Å². The summed E-state index contributed by atoms with van der Waals surface area (Å²) in [6, 6.07) is 5.98. The first-order chi connectivity index (χ1) is 10.1. The summed E-state index contributed by atoms with van der Waals surface area (Å²) in [5.41, 5.74) is 8.51. The first-order valence-corrected chi connectivity index (χ1v) is 7.07. The average molecular weight is 288 g/mol. The van der Waals surface area contributed by atoms with E-state index in [2.05, 4.69) is 24.3 Å². The molecule has 2 aromatic rings. The fourth-order valence-electron chi connectivity index (χ4n) is 2.32. The summed E-state index contributed by atoms with van der Waals surface area (Å²) in [4.78, 5) is 0. The van der Waals surface area contributed by atoms with Gasteiger partial charge in [-0.05, 0) is 32.9 Å². The van der Waals surface area contributed by atoms with Gasteiger partial charge in [-0.1, -0.05) is 0 Å². The molecule has 3 rings (SSSR count). The van der Waals surface area contributed by atoms with Crippen molar-refractivity contribution in [1.82, 2.24) is 9.78 Å². The molecule has 0 radical (unpaired) electrons. The van der Waals surface area contributed by atoms with Crippen molar-refractivity contribution >= 4 is 17.2 Å². The number of benzene rings is 1. The molecule has 21 heavy (non-hydrogen) atoms. The average Bonchev–Trinajstić information content (AvgIpc) is 2.76. The maximum absolute atomic E-state index is 6.13. The van der Waals surface area contributed by atoms with E-state index in [4.69, 9.17) is 15.2 Å². The number of anilines is 3. The van der Waals surface area contributed by atoms with Crippen molar-refractivity contribution in [3.8, 4) is 11.5 Å². The third kappa shape index (κ3) is 2.49. The first-order valence-electron chi connectivity index (χ1n) is 7.07. The van der Waals surface area contributed by atoms with Gasteiger partial charge in [-0.2, -0.15) is 5.10 Å². The zero-order chi connectivity index (χ0) is 15.0. The highest BCUT2D eigenvalue weighted by Crippen LogP contribution is 2.35. The monoisotopic (exact) mass is 288 g/mol. The summed E-state index contributed by atoms with van der Waals surface area (Å²) in [6.45, 7) is 7.21. The number of ether oxygens (including phenoxy) is 2. The Labute approximate surface area is 123 Å². The van der Waals surface area contributed by atoms with Gasteiger partial charge in [0.25, 0.3) is 0 Å². The van der Waals surface area contributed by atoms with Gasteiger partial charge in [-0.15, -0.1) is 0 Å². The van der Waals surface area contributed by atoms with Crippen LogP contribution in [0.4, 0.5) is 17.2 Å². The third-order valence-electron chi connectivity index (χ3n) is 3.43. The van der Waals surface area contributed by atoms with Crippen LogP contribution < -0.4 is 20.5 Å². The maximum Gasteiger partial charge on any atom is 0.163 e. The Morgan fingerprint density at radius 1 is 1.24 bits per heavy atom. The minimum atomic E-state index is 0.223. The van der Waals surface area contributed by atoms with Crippen LogP contribution in [0.2, 0.25) is 0 Å². The molecule has 112 valence electrons. The van der Waals surface area contributed by atoms with Gasteiger partial charge < -0.3 is 20.5 Å². The second kappa shape index (κ2) is 5.20. The summed E-state index contributed by atoms with van der Waals surface area (Å²) < 4.78 is 13.0. The standard InChI is InChI=1S/C15H20N4O2/c1-9(2)19-15(14(16)10(3)18-19)17-11-4-5-12-13(8-11)21-7-6-20-12/h4-5,8-9,17H,6-7,16H2,1-3H3. The van der Waals surface area contributed by atoms with Gasteiger partial charge in [0.2, 0.25) is 0 Å². The smallest absolute Gasteiger partial charge is 0.163 e. The number of nitrogens with one attached hydrogen (secondary N) is 1. The predicted molar refractivity (Wildman–Crippen MR) is 82.5 cm³/mol. The van der Waals surface area contributed by atoms with Crippen LogP contribution in [0.25, 0.3) is 0 Å². The zero-order valence-corrected chi connectivity index (χ0v) is 12.5. The molecular weight excluding hydrogens is 268 g/mol. The van der Waals surface area contributed by atoms with Gasteiger partial charge in [0, 0.05) is 17.8 Å². The van der Waals surface area contributed by atoms with Gasteiger partial charge >= 0.3 is 0 Å². The molecule has 6 nitrogen and oxygen atoms in total. The number of nitrogens with zero attached hydrogens (tertiary/aromatic N) is 2. The van der Waals surface area contributed by atoms with Crippen LogP contribution in [0.3, 0.4) is 0 Å². The molecule has 0 saturated heterocycles. The molecule has 0 saturated carbocycles. The number of nitrogen functional groups attached to an aromatic ring is 1. The van der Waals surface area contributed by atoms with Gasteiger partial charge in [0.05, 0.1) is 11.4 Å². The largest absolute Gasteiger partial charge is 0.486 e. The fourth-order valence-corrected chi connectivity index (χ4v) is 2.32. The predicted octanol–water partition coefficient (Wildman–Crippen LogP) is 2.87. The van der Waals surface area contributed by atoms with Gasteiger partial charge in [0.15, 0.2) is 17.3 Å². The molecule has 0 spiro atoms. The number of aryl methyl sites for hydroxylation is 1. The number of fused-ring (bicyclic) bond motifs is 1. The summed E-state index contributed by atoms with van der Waals surface area (Å²) in [5.74, 6) is 2.32. The van der Waals surface area contributed by atoms with Crippen molar-refractivity contribution < 1.29 is 9.47 Å². The summed E-state index contributed by atoms with van der Waals surface area (Å²) >= 11 is 0. The van der Waals surface area contributed by atoms with Crippen molar-refractivity contribution in [3.05, 3.63) is 23.9 Å². The molecule has 0 atom stereocenters. The SMILES string of the molecule is Cc1nn(C(C)C)c(Nc2ccc3c(c2)OCCO3)c1N. The lowest BCUT2D eigenvalue weighted by Gasteiger charge is -2.19. The summed E-state index contributed by atoms with van der Waals surface area (Å²) in [6.07, 6.45) is 0. The Morgan fingerprint density at radius 3 is 2.67 bits per heavy atom. The van der Waals surface area contributed by atoms with Crippen molar-refractivity contribution in [1.29, 1.82) is 0 Å². The van der Waals surface area contributed by atoms with Gasteiger partial charge in [-0.25, -0.2) is 4.68 Å². The molecule has 0 aliphatic carbocycles. The summed E-state index contributed by atoms with van der Waals surface area (Å²) in [5, 5.41) is 7.80. The van der Waals surface area contributed by atoms with Crippen LogP contribution in [0.15, 0.2) is 18.2 Å². The molecule has 1 aliphatic heterocycles. The number of rotatable bonds is 3. The molecule has 1 aromatic heterocycles. The first kappa shape index (κ1) is 13.6. The van der Waals surface area contributed by atoms with E-state index in [1.807, 2.05) is 29.8 Å². The lowest BCUT2D eigenvalue weighted by Crippen LogP contribution is -2.15. The maximum atomic E-state index is 6.13. The normalized spacial score (nSPS) is 13.5. The van der Waals surface area contributed by atoms with Crippen LogP contribution in [-0.4, -0.2) is 23.0 Å². The van der Waals surface area contributed by atoms with Crippen LogP contribution in [0, 0.1) is 6.92 Å². The Bertz CT molecular complexity index is 664. The molecule has 0 unspecified atom stereocenters. The van der Waals surface area contributed by atoms with Crippen molar-refractivity contribution in [3.63, 3.8) is 0 Å². The molecule has 0 amide bonds. The Balaban J connectivity index is 1.93. The second-order valence-electron chi connectivity index (χ2n) is 5.37. The highest BCUT2D eigenvalue weighted by molar-refractivity contribution is 5.72. The van der Waals surface area contributed by atoms with Gasteiger partial charge in [0.1, 0.15) is 13.2 Å². The Kier molecular flexibility index (Phi) is 3.37. The van der Waals surface area contributed by atoms with Crippen molar-refractivity contribution in [2.75, 3.05) is 24.3 Å². The molecular formula is C15H20N4O2. The van der Waals surface area contributed by atoms with Crippen molar-refractivity contribution in [2.45, 2.75) is 26.8 Å². The summed E-state index contributed by atoms with van der Waals surface area (Å²) in [7, 11) is 0. The van der Waals surface area contributed by atoms with Gasteiger partial charge in [-0.3, -0.25) is 0 Å². The Hall–Kier alpha value is -2.37. The molecule has 6 heteroatoms. The van der Waals surface area contributed by atoms with E-state index in [0.29, 0.717) is 18.9 Å². The number of hydrogen-bond donors (Lipinski definition) is 2.